The number of aromatic nitrogens is 4. The van der Waals surface area contributed by atoms with Gasteiger partial charge in [-0.25, -0.2) is 4.98 Å². The standard InChI is InChI=1S/C17H16N6O/c1-3-9-18-17(24)13-7-8-14(19-11-13)20-12(2)16-22-21-15-6-4-5-10-23(15)16/h1,4-8,10-12H,9H2,2H3,(H,18,24)(H,19,20). The minimum absolute atomic E-state index is 0.101. The van der Waals surface area contributed by atoms with Gasteiger partial charge in [0.1, 0.15) is 5.82 Å². The smallest absolute Gasteiger partial charge is 0.253 e. The van der Waals surface area contributed by atoms with E-state index in [1.54, 1.807) is 12.1 Å². The molecule has 0 saturated carbocycles. The van der Waals surface area contributed by atoms with Crippen LogP contribution in [0.5, 0.6) is 0 Å². The predicted molar refractivity (Wildman–Crippen MR) is 90.4 cm³/mol. The van der Waals surface area contributed by atoms with Gasteiger partial charge in [0.15, 0.2) is 11.5 Å². The van der Waals surface area contributed by atoms with E-state index in [0.29, 0.717) is 11.4 Å². The van der Waals surface area contributed by atoms with Crippen molar-refractivity contribution in [2.75, 3.05) is 11.9 Å². The first-order chi connectivity index (χ1) is 11.7. The number of terminal acetylenes is 1. The zero-order valence-electron chi connectivity index (χ0n) is 13.1. The Morgan fingerprint density at radius 2 is 2.21 bits per heavy atom. The molecule has 3 rings (SSSR count). The number of rotatable bonds is 5. The first-order valence-corrected chi connectivity index (χ1v) is 7.43. The Hall–Kier alpha value is -3.40. The summed E-state index contributed by atoms with van der Waals surface area (Å²) in [6, 6.07) is 9.06. The summed E-state index contributed by atoms with van der Waals surface area (Å²) in [5, 5.41) is 14.2. The van der Waals surface area contributed by atoms with Crippen molar-refractivity contribution in [2.24, 2.45) is 0 Å². The first kappa shape index (κ1) is 15.5. The van der Waals surface area contributed by atoms with Crippen LogP contribution in [0.1, 0.15) is 29.1 Å². The predicted octanol–water partition coefficient (Wildman–Crippen LogP) is 1.66. The topological polar surface area (TPSA) is 84.2 Å². The van der Waals surface area contributed by atoms with Crippen LogP contribution in [-0.4, -0.2) is 32.0 Å². The van der Waals surface area contributed by atoms with Crippen molar-refractivity contribution in [3.8, 4) is 12.3 Å². The summed E-state index contributed by atoms with van der Waals surface area (Å²) in [4.78, 5) is 16.0. The van der Waals surface area contributed by atoms with Crippen LogP contribution >= 0.6 is 0 Å². The van der Waals surface area contributed by atoms with E-state index in [-0.39, 0.29) is 18.5 Å². The van der Waals surface area contributed by atoms with E-state index in [2.05, 4.69) is 31.7 Å². The van der Waals surface area contributed by atoms with E-state index in [1.165, 1.54) is 6.20 Å². The van der Waals surface area contributed by atoms with Crippen molar-refractivity contribution in [1.29, 1.82) is 0 Å². The third kappa shape index (κ3) is 3.17. The van der Waals surface area contributed by atoms with Crippen molar-refractivity contribution in [1.82, 2.24) is 24.9 Å². The fraction of sp³-hybridized carbons (Fsp3) is 0.176. The van der Waals surface area contributed by atoms with Crippen LogP contribution in [0.4, 0.5) is 5.82 Å². The summed E-state index contributed by atoms with van der Waals surface area (Å²) in [7, 11) is 0. The second kappa shape index (κ2) is 6.79. The Balaban J connectivity index is 1.72. The van der Waals surface area contributed by atoms with Crippen molar-refractivity contribution >= 4 is 17.4 Å². The largest absolute Gasteiger partial charge is 0.360 e. The number of amides is 1. The molecule has 3 aromatic rings. The number of anilines is 1. The second-order valence-corrected chi connectivity index (χ2v) is 5.17. The molecule has 0 bridgehead atoms. The lowest BCUT2D eigenvalue weighted by atomic mass is 10.2. The van der Waals surface area contributed by atoms with Gasteiger partial charge in [-0.15, -0.1) is 16.6 Å². The molecule has 7 nitrogen and oxygen atoms in total. The van der Waals surface area contributed by atoms with Gasteiger partial charge in [0.05, 0.1) is 18.2 Å². The summed E-state index contributed by atoms with van der Waals surface area (Å²) in [6.07, 6.45) is 8.53. The molecule has 0 aromatic carbocycles. The minimum Gasteiger partial charge on any atom is -0.360 e. The summed E-state index contributed by atoms with van der Waals surface area (Å²) >= 11 is 0. The number of carbonyl (C=O) groups is 1. The third-order valence-electron chi connectivity index (χ3n) is 3.47. The van der Waals surface area contributed by atoms with Crippen molar-refractivity contribution in [2.45, 2.75) is 13.0 Å². The lowest BCUT2D eigenvalue weighted by molar-refractivity contribution is 0.0958. The zero-order chi connectivity index (χ0) is 16.9. The fourth-order valence-corrected chi connectivity index (χ4v) is 2.29. The van der Waals surface area contributed by atoms with Gasteiger partial charge in [-0.05, 0) is 31.2 Å². The maximum atomic E-state index is 11.8. The molecule has 1 unspecified atom stereocenters. The molecular weight excluding hydrogens is 304 g/mol. The number of nitrogens with one attached hydrogen (secondary N) is 2. The number of nitrogens with zero attached hydrogens (tertiary/aromatic N) is 4. The minimum atomic E-state index is -0.247. The van der Waals surface area contributed by atoms with E-state index < -0.39 is 0 Å². The number of hydrogen-bond acceptors (Lipinski definition) is 5. The second-order valence-electron chi connectivity index (χ2n) is 5.17. The molecule has 3 aromatic heterocycles. The van der Waals surface area contributed by atoms with Gasteiger partial charge in [0.25, 0.3) is 5.91 Å². The van der Waals surface area contributed by atoms with E-state index in [0.717, 1.165) is 11.5 Å². The molecule has 0 radical (unpaired) electrons. The van der Waals surface area contributed by atoms with E-state index >= 15 is 0 Å². The Bertz CT molecular complexity index is 893. The maximum absolute atomic E-state index is 11.8. The normalized spacial score (nSPS) is 11.7. The van der Waals surface area contributed by atoms with Gasteiger partial charge in [0.2, 0.25) is 0 Å². The molecule has 0 aliphatic heterocycles. The molecule has 24 heavy (non-hydrogen) atoms. The van der Waals surface area contributed by atoms with Crippen LogP contribution in [0.15, 0.2) is 42.7 Å². The van der Waals surface area contributed by atoms with E-state index in [9.17, 15) is 4.79 Å². The Labute approximate surface area is 139 Å². The number of carbonyl (C=O) groups excluding carboxylic acids is 1. The average molecular weight is 320 g/mol. The summed E-state index contributed by atoms with van der Waals surface area (Å²) < 4.78 is 1.92. The Kier molecular flexibility index (Phi) is 4.38. The maximum Gasteiger partial charge on any atom is 0.253 e. The molecule has 3 heterocycles. The molecule has 1 amide bonds. The average Bonchev–Trinajstić information content (AvgIpc) is 3.04. The lowest BCUT2D eigenvalue weighted by Crippen LogP contribution is -2.23. The van der Waals surface area contributed by atoms with Crippen molar-refractivity contribution in [3.63, 3.8) is 0 Å². The Morgan fingerprint density at radius 3 is 2.96 bits per heavy atom. The van der Waals surface area contributed by atoms with Gasteiger partial charge in [-0.3, -0.25) is 9.20 Å². The molecule has 120 valence electrons. The van der Waals surface area contributed by atoms with Gasteiger partial charge >= 0.3 is 0 Å². The fourth-order valence-electron chi connectivity index (χ4n) is 2.29. The highest BCUT2D eigenvalue weighted by atomic mass is 16.1. The zero-order valence-corrected chi connectivity index (χ0v) is 13.1. The van der Waals surface area contributed by atoms with Crippen LogP contribution in [0.25, 0.3) is 5.65 Å². The first-order valence-electron chi connectivity index (χ1n) is 7.43. The molecule has 0 aliphatic carbocycles. The lowest BCUT2D eigenvalue weighted by Gasteiger charge is -2.13. The van der Waals surface area contributed by atoms with E-state index in [4.69, 9.17) is 6.42 Å². The number of fused-ring (bicyclic) bond motifs is 1. The van der Waals surface area contributed by atoms with Gasteiger partial charge in [-0.2, -0.15) is 0 Å². The SMILES string of the molecule is C#CCNC(=O)c1ccc(NC(C)c2nnc3ccccn23)nc1. The summed E-state index contributed by atoms with van der Waals surface area (Å²) in [5.41, 5.74) is 1.24. The molecule has 0 saturated heterocycles. The van der Waals surface area contributed by atoms with Gasteiger partial charge in [-0.1, -0.05) is 12.0 Å². The van der Waals surface area contributed by atoms with Crippen molar-refractivity contribution in [3.05, 3.63) is 54.1 Å². The molecule has 1 atom stereocenters. The van der Waals surface area contributed by atoms with Gasteiger partial charge < -0.3 is 10.6 Å². The van der Waals surface area contributed by atoms with Gasteiger partial charge in [0, 0.05) is 12.4 Å². The van der Waals surface area contributed by atoms with Crippen LogP contribution in [-0.2, 0) is 0 Å². The Morgan fingerprint density at radius 1 is 1.33 bits per heavy atom. The summed E-state index contributed by atoms with van der Waals surface area (Å²) in [6.45, 7) is 2.16. The monoisotopic (exact) mass is 320 g/mol. The molecule has 0 aliphatic rings. The molecule has 0 spiro atoms. The van der Waals surface area contributed by atoms with Crippen molar-refractivity contribution < 1.29 is 4.79 Å². The molecule has 2 N–H and O–H groups in total. The van der Waals surface area contributed by atoms with Crippen LogP contribution in [0, 0.1) is 12.3 Å². The van der Waals surface area contributed by atoms with Crippen LogP contribution in [0.3, 0.4) is 0 Å². The van der Waals surface area contributed by atoms with Crippen LogP contribution in [0.2, 0.25) is 0 Å². The highest BCUT2D eigenvalue weighted by Gasteiger charge is 2.14. The number of hydrogen-bond donors (Lipinski definition) is 2. The van der Waals surface area contributed by atoms with E-state index in [1.807, 2.05) is 35.7 Å². The molecule has 0 fully saturated rings. The van der Waals surface area contributed by atoms with Crippen LogP contribution < -0.4 is 10.6 Å². The highest BCUT2D eigenvalue weighted by Crippen LogP contribution is 2.17. The highest BCUT2D eigenvalue weighted by molar-refractivity contribution is 5.94. The number of pyridine rings is 2. The summed E-state index contributed by atoms with van der Waals surface area (Å²) in [5.74, 6) is 3.53. The molecule has 7 heteroatoms. The third-order valence-corrected chi connectivity index (χ3v) is 3.47. The molecular formula is C17H16N6O. The quantitative estimate of drug-likeness (QED) is 0.699.